The molecule has 0 atom stereocenters. The average molecular weight is 455 g/mol. The summed E-state index contributed by atoms with van der Waals surface area (Å²) >= 11 is 13.4. The molecule has 1 fully saturated rings. The fraction of sp³-hybridized carbons (Fsp3) is 0.0435. The Morgan fingerprint density at radius 1 is 0.967 bits per heavy atom. The lowest BCUT2D eigenvalue weighted by Gasteiger charge is -2.10. The molecule has 3 aromatic carbocycles. The lowest BCUT2D eigenvalue weighted by Crippen LogP contribution is -2.19. The molecule has 30 heavy (non-hydrogen) atoms. The van der Waals surface area contributed by atoms with E-state index in [1.807, 2.05) is 48.5 Å². The molecule has 4 nitrogen and oxygen atoms in total. The number of para-hydroxylation sites is 1. The topological polar surface area (TPSA) is 50.7 Å². The van der Waals surface area contributed by atoms with E-state index in [-0.39, 0.29) is 5.91 Å². The summed E-state index contributed by atoms with van der Waals surface area (Å²) in [4.78, 5) is 17.4. The molecule has 0 aromatic heterocycles. The second-order valence-electron chi connectivity index (χ2n) is 6.38. The van der Waals surface area contributed by atoms with Crippen LogP contribution in [0.3, 0.4) is 0 Å². The minimum atomic E-state index is -0.200. The monoisotopic (exact) mass is 454 g/mol. The summed E-state index contributed by atoms with van der Waals surface area (Å²) in [7, 11) is 0. The van der Waals surface area contributed by atoms with Crippen LogP contribution in [0.2, 0.25) is 10.0 Å². The number of ether oxygens (including phenoxy) is 1. The van der Waals surface area contributed by atoms with Crippen molar-refractivity contribution in [3.8, 4) is 5.75 Å². The fourth-order valence-electron chi connectivity index (χ4n) is 2.76. The lowest BCUT2D eigenvalue weighted by atomic mass is 10.2. The van der Waals surface area contributed by atoms with Gasteiger partial charge in [-0.1, -0.05) is 59.6 Å². The quantitative estimate of drug-likeness (QED) is 0.449. The zero-order valence-corrected chi connectivity index (χ0v) is 18.0. The summed E-state index contributed by atoms with van der Waals surface area (Å²) in [5, 5.41) is 4.59. The van der Waals surface area contributed by atoms with Gasteiger partial charge in [0, 0.05) is 21.2 Å². The molecule has 3 aromatic rings. The van der Waals surface area contributed by atoms with Gasteiger partial charge in [-0.25, -0.2) is 4.99 Å². The van der Waals surface area contributed by atoms with Crippen molar-refractivity contribution < 1.29 is 9.53 Å². The van der Waals surface area contributed by atoms with Crippen LogP contribution >= 0.6 is 35.0 Å². The first-order chi connectivity index (χ1) is 14.6. The van der Waals surface area contributed by atoms with Crippen LogP contribution in [0.5, 0.6) is 5.75 Å². The van der Waals surface area contributed by atoms with Gasteiger partial charge < -0.3 is 10.1 Å². The highest BCUT2D eigenvalue weighted by molar-refractivity contribution is 8.18. The first kappa shape index (κ1) is 20.5. The Balaban J connectivity index is 1.52. The van der Waals surface area contributed by atoms with Gasteiger partial charge in [0.05, 0.1) is 10.6 Å². The van der Waals surface area contributed by atoms with E-state index in [9.17, 15) is 4.79 Å². The molecule has 4 rings (SSSR count). The van der Waals surface area contributed by atoms with Gasteiger partial charge in [-0.15, -0.1) is 0 Å². The van der Waals surface area contributed by atoms with E-state index in [0.717, 1.165) is 11.1 Å². The smallest absolute Gasteiger partial charge is 0.264 e. The summed E-state index contributed by atoms with van der Waals surface area (Å²) < 4.78 is 5.97. The molecule has 0 saturated carbocycles. The maximum Gasteiger partial charge on any atom is 0.264 e. The van der Waals surface area contributed by atoms with Gasteiger partial charge >= 0.3 is 0 Å². The van der Waals surface area contributed by atoms with Crippen LogP contribution < -0.4 is 10.1 Å². The molecule has 0 spiro atoms. The predicted octanol–water partition coefficient (Wildman–Crippen LogP) is 6.46. The van der Waals surface area contributed by atoms with Gasteiger partial charge in [0.15, 0.2) is 5.17 Å². The van der Waals surface area contributed by atoms with Crippen LogP contribution in [-0.4, -0.2) is 11.1 Å². The van der Waals surface area contributed by atoms with E-state index < -0.39 is 0 Å². The summed E-state index contributed by atoms with van der Waals surface area (Å²) in [6, 6.07) is 22.2. The van der Waals surface area contributed by atoms with Crippen molar-refractivity contribution in [2.24, 2.45) is 4.99 Å². The molecule has 0 aliphatic carbocycles. The average Bonchev–Trinajstić information content (AvgIpc) is 3.09. The minimum Gasteiger partial charge on any atom is -0.488 e. The van der Waals surface area contributed by atoms with Gasteiger partial charge in [0.2, 0.25) is 0 Å². The second-order valence-corrected chi connectivity index (χ2v) is 8.25. The van der Waals surface area contributed by atoms with Crippen molar-refractivity contribution in [1.29, 1.82) is 0 Å². The number of carbonyl (C=O) groups is 1. The van der Waals surface area contributed by atoms with Crippen LogP contribution in [0.1, 0.15) is 11.1 Å². The number of nitrogens with zero attached hydrogens (tertiary/aromatic N) is 1. The van der Waals surface area contributed by atoms with E-state index >= 15 is 0 Å². The molecule has 1 heterocycles. The number of rotatable bonds is 5. The van der Waals surface area contributed by atoms with Crippen molar-refractivity contribution >= 4 is 57.8 Å². The molecule has 0 radical (unpaired) electrons. The minimum absolute atomic E-state index is 0.200. The van der Waals surface area contributed by atoms with Crippen LogP contribution in [0.4, 0.5) is 5.69 Å². The number of halogens is 2. The first-order valence-corrected chi connectivity index (χ1v) is 10.7. The van der Waals surface area contributed by atoms with Gasteiger partial charge in [-0.05, 0) is 54.2 Å². The number of carbonyl (C=O) groups excluding carboxylic acids is 1. The van der Waals surface area contributed by atoms with E-state index in [4.69, 9.17) is 27.9 Å². The van der Waals surface area contributed by atoms with Gasteiger partial charge in [0.25, 0.3) is 5.91 Å². The van der Waals surface area contributed by atoms with Gasteiger partial charge in [0.1, 0.15) is 12.4 Å². The SMILES string of the molecule is O=C1NC(=Nc2ccc(Cl)cc2)S/C1=C\c1ccccc1OCc1ccccc1Cl. The van der Waals surface area contributed by atoms with E-state index in [1.165, 1.54) is 11.8 Å². The lowest BCUT2D eigenvalue weighted by molar-refractivity contribution is -0.115. The second kappa shape index (κ2) is 9.39. The van der Waals surface area contributed by atoms with Gasteiger partial charge in [-0.3, -0.25) is 4.79 Å². The summed E-state index contributed by atoms with van der Waals surface area (Å²) in [6.07, 6.45) is 1.80. The summed E-state index contributed by atoms with van der Waals surface area (Å²) in [5.41, 5.74) is 2.41. The van der Waals surface area contributed by atoms with Crippen LogP contribution in [0.25, 0.3) is 6.08 Å². The van der Waals surface area contributed by atoms with Gasteiger partial charge in [-0.2, -0.15) is 0 Å². The molecular weight excluding hydrogens is 439 g/mol. The first-order valence-electron chi connectivity index (χ1n) is 9.09. The third-order valence-electron chi connectivity index (χ3n) is 4.25. The Labute approximate surface area is 188 Å². The number of amidine groups is 1. The van der Waals surface area contributed by atoms with Crippen LogP contribution in [-0.2, 0) is 11.4 Å². The third-order valence-corrected chi connectivity index (χ3v) is 5.79. The van der Waals surface area contributed by atoms with E-state index in [1.54, 1.807) is 30.3 Å². The molecule has 1 aliphatic rings. The molecule has 1 amide bonds. The molecule has 7 heteroatoms. The normalized spacial score (nSPS) is 16.1. The van der Waals surface area contributed by atoms with Crippen molar-refractivity contribution in [2.45, 2.75) is 6.61 Å². The Kier molecular flexibility index (Phi) is 6.43. The zero-order chi connectivity index (χ0) is 20.9. The number of benzene rings is 3. The van der Waals surface area contributed by atoms with Crippen molar-refractivity contribution in [1.82, 2.24) is 5.32 Å². The Morgan fingerprint density at radius 2 is 1.70 bits per heavy atom. The Morgan fingerprint density at radius 3 is 2.50 bits per heavy atom. The highest BCUT2D eigenvalue weighted by Crippen LogP contribution is 2.31. The molecule has 1 saturated heterocycles. The predicted molar refractivity (Wildman–Crippen MR) is 124 cm³/mol. The van der Waals surface area contributed by atoms with Crippen molar-refractivity contribution in [3.05, 3.63) is 98.9 Å². The van der Waals surface area contributed by atoms with E-state index in [0.29, 0.717) is 38.2 Å². The Bertz CT molecular complexity index is 1140. The highest BCUT2D eigenvalue weighted by atomic mass is 35.5. The standard InChI is InChI=1S/C23H16Cl2N2O2S/c24-17-9-11-18(12-10-17)26-23-27-22(28)21(30-23)13-15-5-2-4-8-20(15)29-14-16-6-1-3-7-19(16)25/h1-13H,14H2,(H,26,27,28)/b21-13-. The summed E-state index contributed by atoms with van der Waals surface area (Å²) in [6.45, 7) is 0.336. The van der Waals surface area contributed by atoms with Crippen LogP contribution in [0.15, 0.2) is 82.7 Å². The molecule has 0 unspecified atom stereocenters. The molecule has 0 bridgehead atoms. The van der Waals surface area contributed by atoms with Crippen LogP contribution in [0, 0.1) is 0 Å². The fourth-order valence-corrected chi connectivity index (χ4v) is 3.91. The number of hydrogen-bond acceptors (Lipinski definition) is 4. The molecule has 1 N–H and O–H groups in total. The molecule has 150 valence electrons. The third kappa shape index (κ3) is 5.05. The maximum atomic E-state index is 12.4. The molecule has 1 aliphatic heterocycles. The van der Waals surface area contributed by atoms with Crippen molar-refractivity contribution in [3.63, 3.8) is 0 Å². The number of thioether (sulfide) groups is 1. The maximum absolute atomic E-state index is 12.4. The van der Waals surface area contributed by atoms with E-state index in [2.05, 4.69) is 10.3 Å². The largest absolute Gasteiger partial charge is 0.488 e. The zero-order valence-electron chi connectivity index (χ0n) is 15.6. The van der Waals surface area contributed by atoms with Crippen molar-refractivity contribution in [2.75, 3.05) is 0 Å². The summed E-state index contributed by atoms with van der Waals surface area (Å²) in [5.74, 6) is 0.468. The number of hydrogen-bond donors (Lipinski definition) is 1. The number of amides is 1. The number of nitrogens with one attached hydrogen (secondary N) is 1. The molecular formula is C23H16Cl2N2O2S. The highest BCUT2D eigenvalue weighted by Gasteiger charge is 2.24. The number of aliphatic imine (C=N–C) groups is 1. The Hall–Kier alpha value is -2.73.